The van der Waals surface area contributed by atoms with E-state index in [9.17, 15) is 4.79 Å². The predicted octanol–water partition coefficient (Wildman–Crippen LogP) is 2.11. The molecule has 1 atom stereocenters. The number of rotatable bonds is 2. The minimum atomic E-state index is -0.0716. The molecule has 0 saturated carbocycles. The minimum Gasteiger partial charge on any atom is -0.337 e. The van der Waals surface area contributed by atoms with Gasteiger partial charge in [0.1, 0.15) is 4.88 Å². The van der Waals surface area contributed by atoms with E-state index in [-0.39, 0.29) is 17.4 Å². The first kappa shape index (κ1) is 16.0. The van der Waals surface area contributed by atoms with Crippen molar-refractivity contribution in [2.24, 2.45) is 11.1 Å². The highest BCUT2D eigenvalue weighted by atomic mass is 32.1. The molecule has 0 radical (unpaired) electrons. The number of piperidine rings is 1. The van der Waals surface area contributed by atoms with Crippen LogP contribution < -0.4 is 5.73 Å². The van der Waals surface area contributed by atoms with Gasteiger partial charge in [-0.3, -0.25) is 4.79 Å². The standard InChI is InChI=1S/C16H21N5OS/c1-10-12(23-14(20-10)13-18-6-4-7-19-13)15(22)21-8-5-11(17)16(2,3)9-21/h4,6-7,11H,5,8-9,17H2,1-3H3. The number of amides is 1. The molecule has 2 N–H and O–H groups in total. The number of nitrogens with zero attached hydrogens (tertiary/aromatic N) is 4. The van der Waals surface area contributed by atoms with Crippen LogP contribution >= 0.6 is 11.3 Å². The van der Waals surface area contributed by atoms with E-state index in [1.807, 2.05) is 11.8 Å². The topological polar surface area (TPSA) is 85.0 Å². The van der Waals surface area contributed by atoms with E-state index >= 15 is 0 Å². The summed E-state index contributed by atoms with van der Waals surface area (Å²) < 4.78 is 0. The molecule has 2 aromatic heterocycles. The van der Waals surface area contributed by atoms with Crippen molar-refractivity contribution in [1.29, 1.82) is 0 Å². The lowest BCUT2D eigenvalue weighted by atomic mass is 9.79. The molecule has 0 aromatic carbocycles. The molecule has 23 heavy (non-hydrogen) atoms. The Morgan fingerprint density at radius 3 is 2.74 bits per heavy atom. The minimum absolute atomic E-state index is 0.0298. The zero-order valence-electron chi connectivity index (χ0n) is 13.6. The molecule has 2 aromatic rings. The van der Waals surface area contributed by atoms with Crippen LogP contribution in [0, 0.1) is 12.3 Å². The van der Waals surface area contributed by atoms with Gasteiger partial charge < -0.3 is 10.6 Å². The van der Waals surface area contributed by atoms with E-state index in [1.165, 1.54) is 11.3 Å². The zero-order chi connectivity index (χ0) is 16.6. The Balaban J connectivity index is 1.85. The number of likely N-dealkylation sites (tertiary alicyclic amines) is 1. The third-order valence-corrected chi connectivity index (χ3v) is 5.49. The Labute approximate surface area is 139 Å². The summed E-state index contributed by atoms with van der Waals surface area (Å²) >= 11 is 1.36. The highest BCUT2D eigenvalue weighted by molar-refractivity contribution is 7.17. The van der Waals surface area contributed by atoms with Gasteiger partial charge in [-0.1, -0.05) is 13.8 Å². The third kappa shape index (κ3) is 3.11. The van der Waals surface area contributed by atoms with E-state index in [4.69, 9.17) is 5.73 Å². The molecule has 6 nitrogen and oxygen atoms in total. The second-order valence-corrected chi connectivity index (χ2v) is 7.62. The van der Waals surface area contributed by atoms with Crippen molar-refractivity contribution in [3.05, 3.63) is 29.0 Å². The summed E-state index contributed by atoms with van der Waals surface area (Å²) in [7, 11) is 0. The fraction of sp³-hybridized carbons (Fsp3) is 0.500. The summed E-state index contributed by atoms with van der Waals surface area (Å²) in [5.74, 6) is 0.586. The van der Waals surface area contributed by atoms with Crippen LogP contribution in [0.3, 0.4) is 0 Å². The van der Waals surface area contributed by atoms with Gasteiger partial charge in [0.25, 0.3) is 5.91 Å². The Morgan fingerprint density at radius 2 is 2.09 bits per heavy atom. The molecule has 1 aliphatic heterocycles. The summed E-state index contributed by atoms with van der Waals surface area (Å²) in [5, 5.41) is 0.680. The molecule has 1 aliphatic rings. The number of nitrogens with two attached hydrogens (primary N) is 1. The van der Waals surface area contributed by atoms with Crippen LogP contribution in [0.15, 0.2) is 18.5 Å². The fourth-order valence-electron chi connectivity index (χ4n) is 2.79. The highest BCUT2D eigenvalue weighted by Gasteiger charge is 2.36. The van der Waals surface area contributed by atoms with Crippen molar-refractivity contribution in [1.82, 2.24) is 19.9 Å². The van der Waals surface area contributed by atoms with Crippen LogP contribution in [0.5, 0.6) is 0 Å². The molecule has 0 bridgehead atoms. The van der Waals surface area contributed by atoms with Crippen molar-refractivity contribution < 1.29 is 4.79 Å². The van der Waals surface area contributed by atoms with Crippen LogP contribution in [0.1, 0.15) is 35.6 Å². The van der Waals surface area contributed by atoms with Crippen LogP contribution in [0.4, 0.5) is 0 Å². The molecule has 7 heteroatoms. The van der Waals surface area contributed by atoms with Gasteiger partial charge in [-0.15, -0.1) is 11.3 Å². The fourth-order valence-corrected chi connectivity index (χ4v) is 3.77. The molecular weight excluding hydrogens is 310 g/mol. The molecule has 1 unspecified atom stereocenters. The second kappa shape index (κ2) is 5.98. The first-order chi connectivity index (χ1) is 10.9. The normalized spacial score (nSPS) is 20.5. The van der Waals surface area contributed by atoms with E-state index in [0.717, 1.165) is 12.1 Å². The van der Waals surface area contributed by atoms with E-state index in [2.05, 4.69) is 28.8 Å². The Bertz CT molecular complexity index is 713. The molecule has 0 aliphatic carbocycles. The van der Waals surface area contributed by atoms with Crippen molar-refractivity contribution in [2.75, 3.05) is 13.1 Å². The van der Waals surface area contributed by atoms with Crippen molar-refractivity contribution >= 4 is 17.2 Å². The molecule has 0 spiro atoms. The van der Waals surface area contributed by atoms with E-state index in [1.54, 1.807) is 18.5 Å². The monoisotopic (exact) mass is 331 g/mol. The van der Waals surface area contributed by atoms with Crippen LogP contribution in [0.25, 0.3) is 10.8 Å². The Kier molecular flexibility index (Phi) is 4.16. The van der Waals surface area contributed by atoms with Crippen LogP contribution in [0.2, 0.25) is 0 Å². The van der Waals surface area contributed by atoms with Crippen molar-refractivity contribution in [3.63, 3.8) is 0 Å². The maximum atomic E-state index is 12.9. The number of hydrogen-bond acceptors (Lipinski definition) is 6. The van der Waals surface area contributed by atoms with Crippen LogP contribution in [-0.4, -0.2) is 44.9 Å². The van der Waals surface area contributed by atoms with Gasteiger partial charge in [-0.05, 0) is 24.8 Å². The van der Waals surface area contributed by atoms with E-state index in [0.29, 0.717) is 28.8 Å². The highest BCUT2D eigenvalue weighted by Crippen LogP contribution is 2.31. The number of hydrogen-bond donors (Lipinski definition) is 1. The summed E-state index contributed by atoms with van der Waals surface area (Å²) in [5.41, 5.74) is 6.82. The second-order valence-electron chi connectivity index (χ2n) is 6.62. The van der Waals surface area contributed by atoms with Gasteiger partial charge >= 0.3 is 0 Å². The van der Waals surface area contributed by atoms with E-state index < -0.39 is 0 Å². The summed E-state index contributed by atoms with van der Waals surface area (Å²) in [6.07, 6.45) is 4.18. The zero-order valence-corrected chi connectivity index (χ0v) is 14.4. The average Bonchev–Trinajstić information content (AvgIpc) is 2.92. The van der Waals surface area contributed by atoms with Gasteiger partial charge in [0, 0.05) is 31.5 Å². The largest absolute Gasteiger partial charge is 0.337 e. The number of aryl methyl sites for hydroxylation is 1. The van der Waals surface area contributed by atoms with Gasteiger partial charge in [0.2, 0.25) is 0 Å². The van der Waals surface area contributed by atoms with Crippen molar-refractivity contribution in [2.45, 2.75) is 33.2 Å². The van der Waals surface area contributed by atoms with Crippen LogP contribution in [-0.2, 0) is 0 Å². The lowest BCUT2D eigenvalue weighted by Crippen LogP contribution is -2.53. The summed E-state index contributed by atoms with van der Waals surface area (Å²) in [6, 6.07) is 1.89. The maximum Gasteiger partial charge on any atom is 0.265 e. The Hall–Kier alpha value is -1.86. The predicted molar refractivity (Wildman–Crippen MR) is 90.2 cm³/mol. The molecular formula is C16H21N5OS. The maximum absolute atomic E-state index is 12.9. The molecule has 1 amide bonds. The van der Waals surface area contributed by atoms with Gasteiger partial charge in [0.05, 0.1) is 5.69 Å². The summed E-state index contributed by atoms with van der Waals surface area (Å²) in [4.78, 5) is 28.3. The SMILES string of the molecule is Cc1nc(-c2ncccn2)sc1C(=O)N1CCC(N)C(C)(C)C1. The average molecular weight is 331 g/mol. The number of carbonyl (C=O) groups is 1. The molecule has 3 rings (SSSR count). The van der Waals surface area contributed by atoms with Gasteiger partial charge in [-0.2, -0.15) is 0 Å². The lowest BCUT2D eigenvalue weighted by molar-refractivity contribution is 0.0536. The molecule has 122 valence electrons. The van der Waals surface area contributed by atoms with Gasteiger partial charge in [-0.25, -0.2) is 15.0 Å². The molecule has 3 heterocycles. The smallest absolute Gasteiger partial charge is 0.265 e. The first-order valence-corrected chi connectivity index (χ1v) is 8.50. The third-order valence-electron chi connectivity index (χ3n) is 4.35. The number of thiazole rings is 1. The molecule has 1 fully saturated rings. The molecule has 1 saturated heterocycles. The Morgan fingerprint density at radius 1 is 1.39 bits per heavy atom. The van der Waals surface area contributed by atoms with Crippen molar-refractivity contribution in [3.8, 4) is 10.8 Å². The number of carbonyl (C=O) groups excluding carboxylic acids is 1. The lowest BCUT2D eigenvalue weighted by Gasteiger charge is -2.42. The quantitative estimate of drug-likeness (QED) is 0.911. The summed E-state index contributed by atoms with van der Waals surface area (Å²) in [6.45, 7) is 7.44. The number of aromatic nitrogens is 3. The van der Waals surface area contributed by atoms with Gasteiger partial charge in [0.15, 0.2) is 10.8 Å². The first-order valence-electron chi connectivity index (χ1n) is 7.68.